The van der Waals surface area contributed by atoms with Gasteiger partial charge in [-0.3, -0.25) is 4.40 Å². The molecule has 0 unspecified atom stereocenters. The normalized spacial score (nSPS) is 12.4. The maximum absolute atomic E-state index is 12.3. The quantitative estimate of drug-likeness (QED) is 0.823. The van der Waals surface area contributed by atoms with Gasteiger partial charge in [0.2, 0.25) is 0 Å². The summed E-state index contributed by atoms with van der Waals surface area (Å²) in [5, 5.41) is -0.104. The molecule has 6 nitrogen and oxygen atoms in total. The fourth-order valence-electron chi connectivity index (χ4n) is 1.72. The fourth-order valence-corrected chi connectivity index (χ4v) is 3.38. The monoisotopic (exact) mass is 317 g/mol. The van der Waals surface area contributed by atoms with Crippen LogP contribution in [-0.4, -0.2) is 37.1 Å². The molecule has 0 fully saturated rings. The van der Waals surface area contributed by atoms with Crippen LogP contribution < -0.4 is 4.72 Å². The molecule has 0 bridgehead atoms. The summed E-state index contributed by atoms with van der Waals surface area (Å²) in [6, 6.07) is 5.16. The smallest absolute Gasteiger partial charge is 0.259 e. The molecule has 1 N–H and O–H groups in total. The number of sulfonamides is 1. The van der Waals surface area contributed by atoms with Crippen molar-refractivity contribution in [3.05, 3.63) is 29.5 Å². The topological polar surface area (TPSA) is 72.7 Å². The Morgan fingerprint density at radius 1 is 1.45 bits per heavy atom. The van der Waals surface area contributed by atoms with Gasteiger partial charge in [-0.2, -0.15) is 0 Å². The van der Waals surface area contributed by atoms with Crippen molar-refractivity contribution >= 4 is 27.3 Å². The lowest BCUT2D eigenvalue weighted by Gasteiger charge is -2.09. The number of hydrogen-bond acceptors (Lipinski definition) is 4. The number of pyridine rings is 1. The second-order valence-electron chi connectivity index (χ2n) is 4.45. The lowest BCUT2D eigenvalue weighted by molar-refractivity contribution is 0.0834. The molecule has 0 amide bonds. The lowest BCUT2D eigenvalue weighted by Crippen LogP contribution is -2.29. The van der Waals surface area contributed by atoms with Crippen LogP contribution in [0.5, 0.6) is 0 Å². The molecule has 0 aliphatic heterocycles. The van der Waals surface area contributed by atoms with E-state index in [1.807, 2.05) is 13.8 Å². The van der Waals surface area contributed by atoms with E-state index >= 15 is 0 Å². The van der Waals surface area contributed by atoms with Gasteiger partial charge < -0.3 is 4.74 Å². The van der Waals surface area contributed by atoms with Gasteiger partial charge in [0.1, 0.15) is 5.65 Å². The van der Waals surface area contributed by atoms with Crippen LogP contribution in [-0.2, 0) is 14.8 Å². The first kappa shape index (κ1) is 15.2. The molecule has 0 atom stereocenters. The molecule has 2 aromatic heterocycles. The average Bonchev–Trinajstić information content (AvgIpc) is 2.71. The van der Waals surface area contributed by atoms with E-state index in [1.54, 1.807) is 24.4 Å². The molecule has 8 heteroatoms. The van der Waals surface area contributed by atoms with Crippen LogP contribution in [0, 0.1) is 0 Å². The van der Waals surface area contributed by atoms with Gasteiger partial charge in [-0.05, 0) is 26.0 Å². The van der Waals surface area contributed by atoms with Crippen LogP contribution >= 0.6 is 11.6 Å². The molecule has 0 aliphatic carbocycles. The highest BCUT2D eigenvalue weighted by molar-refractivity contribution is 7.89. The van der Waals surface area contributed by atoms with Gasteiger partial charge in [0, 0.05) is 12.7 Å². The second-order valence-corrected chi connectivity index (χ2v) is 6.49. The zero-order valence-electron chi connectivity index (χ0n) is 11.2. The van der Waals surface area contributed by atoms with Gasteiger partial charge in [-0.15, -0.1) is 0 Å². The Morgan fingerprint density at radius 2 is 2.20 bits per heavy atom. The highest BCUT2D eigenvalue weighted by atomic mass is 35.5. The van der Waals surface area contributed by atoms with Crippen molar-refractivity contribution in [2.75, 3.05) is 13.2 Å². The van der Waals surface area contributed by atoms with Crippen LogP contribution in [0.2, 0.25) is 5.15 Å². The first-order valence-electron chi connectivity index (χ1n) is 6.15. The highest BCUT2D eigenvalue weighted by Gasteiger charge is 2.23. The van der Waals surface area contributed by atoms with Crippen LogP contribution in [0.3, 0.4) is 0 Å². The van der Waals surface area contributed by atoms with Crippen molar-refractivity contribution in [1.82, 2.24) is 14.1 Å². The Morgan fingerprint density at radius 3 is 2.90 bits per heavy atom. The average molecular weight is 318 g/mol. The number of rotatable bonds is 6. The Bertz CT molecular complexity index is 697. The zero-order chi connectivity index (χ0) is 14.8. The minimum atomic E-state index is -3.73. The molecule has 0 radical (unpaired) electrons. The first-order valence-corrected chi connectivity index (χ1v) is 8.02. The lowest BCUT2D eigenvalue weighted by atomic mass is 10.5. The molecule has 0 saturated carbocycles. The molecule has 0 aromatic carbocycles. The van der Waals surface area contributed by atoms with Crippen molar-refractivity contribution in [2.45, 2.75) is 25.0 Å². The minimum Gasteiger partial charge on any atom is -0.377 e. The predicted octanol–water partition coefficient (Wildman–Crippen LogP) is 1.69. The van der Waals surface area contributed by atoms with Crippen LogP contribution in [0.4, 0.5) is 0 Å². The number of ether oxygens (including phenoxy) is 1. The van der Waals surface area contributed by atoms with Gasteiger partial charge in [-0.1, -0.05) is 17.7 Å². The van der Waals surface area contributed by atoms with Gasteiger partial charge in [-0.25, -0.2) is 18.1 Å². The van der Waals surface area contributed by atoms with Gasteiger partial charge in [0.25, 0.3) is 10.0 Å². The summed E-state index contributed by atoms with van der Waals surface area (Å²) in [5.41, 5.74) is 0.483. The van der Waals surface area contributed by atoms with E-state index in [1.165, 1.54) is 4.40 Å². The Labute approximate surface area is 122 Å². The second kappa shape index (κ2) is 6.09. The maximum atomic E-state index is 12.3. The van der Waals surface area contributed by atoms with E-state index in [9.17, 15) is 8.42 Å². The van der Waals surface area contributed by atoms with Crippen molar-refractivity contribution in [3.8, 4) is 0 Å². The molecule has 110 valence electrons. The van der Waals surface area contributed by atoms with E-state index in [0.717, 1.165) is 0 Å². The number of fused-ring (bicyclic) bond motifs is 1. The summed E-state index contributed by atoms with van der Waals surface area (Å²) in [5.74, 6) is 0. The van der Waals surface area contributed by atoms with E-state index in [4.69, 9.17) is 16.3 Å². The van der Waals surface area contributed by atoms with E-state index in [0.29, 0.717) is 12.3 Å². The standard InChI is InChI=1S/C12H16ClN3O3S/c1-9(2)19-8-6-14-20(17,18)12-11(13)15-10-5-3-4-7-16(10)12/h3-5,7,9,14H,6,8H2,1-2H3. The number of imidazole rings is 1. The third kappa shape index (κ3) is 3.29. The third-order valence-electron chi connectivity index (χ3n) is 2.55. The maximum Gasteiger partial charge on any atom is 0.259 e. The molecule has 2 rings (SSSR count). The summed E-state index contributed by atoms with van der Waals surface area (Å²) >= 11 is 5.93. The molecule has 0 spiro atoms. The number of halogens is 1. The Balaban J connectivity index is 2.21. The Kier molecular flexibility index (Phi) is 4.64. The number of aromatic nitrogens is 2. The van der Waals surface area contributed by atoms with Crippen LogP contribution in [0.25, 0.3) is 5.65 Å². The molecule has 0 aliphatic rings. The number of nitrogens with one attached hydrogen (secondary N) is 1. The van der Waals surface area contributed by atoms with E-state index in [-0.39, 0.29) is 22.8 Å². The molecular formula is C12H16ClN3O3S. The fraction of sp³-hybridized carbons (Fsp3) is 0.417. The summed E-state index contributed by atoms with van der Waals surface area (Å²) in [6.45, 7) is 4.24. The third-order valence-corrected chi connectivity index (χ3v) is 4.41. The van der Waals surface area contributed by atoms with Crippen molar-refractivity contribution in [3.63, 3.8) is 0 Å². The SMILES string of the molecule is CC(C)OCCNS(=O)(=O)c1c(Cl)nc2ccccn12. The zero-order valence-corrected chi connectivity index (χ0v) is 12.8. The predicted molar refractivity (Wildman–Crippen MR) is 76.5 cm³/mol. The largest absolute Gasteiger partial charge is 0.377 e. The van der Waals surface area contributed by atoms with E-state index in [2.05, 4.69) is 9.71 Å². The van der Waals surface area contributed by atoms with Crippen LogP contribution in [0.15, 0.2) is 29.4 Å². The minimum absolute atomic E-state index is 0.0477. The number of nitrogens with zero attached hydrogens (tertiary/aromatic N) is 2. The molecular weight excluding hydrogens is 302 g/mol. The highest BCUT2D eigenvalue weighted by Crippen LogP contribution is 2.22. The van der Waals surface area contributed by atoms with Gasteiger partial charge in [0.15, 0.2) is 10.2 Å². The summed E-state index contributed by atoms with van der Waals surface area (Å²) in [6.07, 6.45) is 1.66. The first-order chi connectivity index (χ1) is 9.42. The van der Waals surface area contributed by atoms with Gasteiger partial charge in [0.05, 0.1) is 12.7 Å². The molecule has 20 heavy (non-hydrogen) atoms. The van der Waals surface area contributed by atoms with Gasteiger partial charge >= 0.3 is 0 Å². The van der Waals surface area contributed by atoms with Crippen molar-refractivity contribution in [1.29, 1.82) is 0 Å². The molecule has 0 saturated heterocycles. The van der Waals surface area contributed by atoms with Crippen LogP contribution in [0.1, 0.15) is 13.8 Å². The Hall–Kier alpha value is -1.15. The molecule has 2 aromatic rings. The number of hydrogen-bond donors (Lipinski definition) is 1. The summed E-state index contributed by atoms with van der Waals surface area (Å²) in [7, 11) is -3.73. The van der Waals surface area contributed by atoms with Crippen molar-refractivity contribution < 1.29 is 13.2 Å². The molecule has 2 heterocycles. The van der Waals surface area contributed by atoms with E-state index < -0.39 is 10.0 Å². The summed E-state index contributed by atoms with van der Waals surface area (Å²) in [4.78, 5) is 4.01. The summed E-state index contributed by atoms with van der Waals surface area (Å²) < 4.78 is 33.7. The van der Waals surface area contributed by atoms with Crippen molar-refractivity contribution in [2.24, 2.45) is 0 Å².